The van der Waals surface area contributed by atoms with E-state index in [-0.39, 0.29) is 52.8 Å². The molecule has 1 saturated heterocycles. The molecule has 7 nitrogen and oxygen atoms in total. The van der Waals surface area contributed by atoms with Crippen LogP contribution in [-0.4, -0.2) is 58.1 Å². The van der Waals surface area contributed by atoms with Crippen LogP contribution < -0.4 is 0 Å². The largest absolute Gasteiger partial charge is 0.507 e. The first-order valence-corrected chi connectivity index (χ1v) is 11.0. The number of hydrogen-bond donors (Lipinski definition) is 2. The van der Waals surface area contributed by atoms with Gasteiger partial charge in [0, 0.05) is 6.04 Å². The first kappa shape index (κ1) is 21.2. The SMILES string of the molecule is CCOC1=C(N=C2C3=CCC=CC3N(C)C3CC=CC=C23)C(=O)c2c(O)ccc(O)c2C1=O. The predicted molar refractivity (Wildman–Crippen MR) is 124 cm³/mol. The van der Waals surface area contributed by atoms with Crippen molar-refractivity contribution >= 4 is 17.3 Å². The number of carbonyl (C=O) groups is 2. The Labute approximate surface area is 191 Å². The molecule has 1 aromatic rings. The van der Waals surface area contributed by atoms with E-state index in [0.29, 0.717) is 5.71 Å². The van der Waals surface area contributed by atoms with E-state index >= 15 is 0 Å². The minimum atomic E-state index is -0.671. The van der Waals surface area contributed by atoms with Gasteiger partial charge in [-0.3, -0.25) is 14.5 Å². The summed E-state index contributed by atoms with van der Waals surface area (Å²) in [6.45, 7) is 1.85. The lowest BCUT2D eigenvalue weighted by Gasteiger charge is -2.44. The van der Waals surface area contributed by atoms with Gasteiger partial charge in [-0.15, -0.1) is 0 Å². The monoisotopic (exact) mass is 444 g/mol. The average molecular weight is 444 g/mol. The molecule has 2 atom stereocenters. The summed E-state index contributed by atoms with van der Waals surface area (Å²) in [5.74, 6) is -2.30. The van der Waals surface area contributed by atoms with Gasteiger partial charge in [-0.05, 0) is 50.1 Å². The molecule has 0 radical (unpaired) electrons. The number of ketones is 2. The Balaban J connectivity index is 1.74. The number of likely N-dealkylation sites (tertiary alicyclic amines) is 1. The van der Waals surface area contributed by atoms with Crippen molar-refractivity contribution in [1.82, 2.24) is 4.90 Å². The number of carbonyl (C=O) groups excluding carboxylic acids is 2. The third kappa shape index (κ3) is 3.19. The molecule has 4 aliphatic rings. The maximum absolute atomic E-state index is 13.5. The molecule has 2 N–H and O–H groups in total. The number of phenols is 2. The van der Waals surface area contributed by atoms with Gasteiger partial charge in [-0.1, -0.05) is 36.5 Å². The van der Waals surface area contributed by atoms with Gasteiger partial charge in [0.15, 0.2) is 11.5 Å². The average Bonchev–Trinajstić information content (AvgIpc) is 2.83. The summed E-state index contributed by atoms with van der Waals surface area (Å²) in [4.78, 5) is 33.8. The first-order chi connectivity index (χ1) is 15.9. The molecular weight excluding hydrogens is 420 g/mol. The smallest absolute Gasteiger partial charge is 0.234 e. The number of likely N-dealkylation sites (N-methyl/N-ethyl adjacent to an activating group) is 1. The van der Waals surface area contributed by atoms with Crippen LogP contribution in [0.25, 0.3) is 0 Å². The van der Waals surface area contributed by atoms with Gasteiger partial charge in [0.05, 0.1) is 29.5 Å². The summed E-state index contributed by atoms with van der Waals surface area (Å²) in [6.07, 6.45) is 13.9. The molecule has 3 aliphatic carbocycles. The lowest BCUT2D eigenvalue weighted by molar-refractivity contribution is 0.0874. The zero-order chi connectivity index (χ0) is 23.3. The Kier molecular flexibility index (Phi) is 5.13. The number of rotatable bonds is 3. The van der Waals surface area contributed by atoms with Crippen molar-refractivity contribution in [2.75, 3.05) is 13.7 Å². The number of benzene rings is 1. The molecule has 168 valence electrons. The third-order valence-corrected chi connectivity index (χ3v) is 6.48. The highest BCUT2D eigenvalue weighted by molar-refractivity contribution is 6.29. The lowest BCUT2D eigenvalue weighted by atomic mass is 9.79. The Hall–Kier alpha value is -3.71. The minimum absolute atomic E-state index is 0.00132. The molecule has 5 rings (SSSR count). The van der Waals surface area contributed by atoms with Crippen LogP contribution in [0.5, 0.6) is 11.5 Å². The number of hydrogen-bond acceptors (Lipinski definition) is 7. The zero-order valence-electron chi connectivity index (χ0n) is 18.4. The van der Waals surface area contributed by atoms with Crippen LogP contribution in [0.2, 0.25) is 0 Å². The summed E-state index contributed by atoms with van der Waals surface area (Å²) in [5.41, 5.74) is 1.91. The van der Waals surface area contributed by atoms with Crippen molar-refractivity contribution in [1.29, 1.82) is 0 Å². The van der Waals surface area contributed by atoms with Crippen LogP contribution in [0.3, 0.4) is 0 Å². The molecule has 7 heteroatoms. The van der Waals surface area contributed by atoms with Crippen LogP contribution in [0.4, 0.5) is 0 Å². The fourth-order valence-corrected chi connectivity index (χ4v) is 4.92. The van der Waals surface area contributed by atoms with Gasteiger partial charge >= 0.3 is 0 Å². The van der Waals surface area contributed by atoms with Crippen molar-refractivity contribution in [3.05, 3.63) is 82.3 Å². The maximum atomic E-state index is 13.5. The number of phenolic OH excluding ortho intramolecular Hbond substituents is 2. The van der Waals surface area contributed by atoms with Crippen molar-refractivity contribution in [2.45, 2.75) is 31.8 Å². The second kappa shape index (κ2) is 8.01. The highest BCUT2D eigenvalue weighted by atomic mass is 16.5. The Morgan fingerprint density at radius 2 is 1.82 bits per heavy atom. The normalized spacial score (nSPS) is 25.5. The van der Waals surface area contributed by atoms with Gasteiger partial charge < -0.3 is 14.9 Å². The number of Topliss-reactive ketones (excluding diaryl/α,β-unsaturated/α-hetero) is 2. The highest BCUT2D eigenvalue weighted by Gasteiger charge is 2.41. The lowest BCUT2D eigenvalue weighted by Crippen LogP contribution is -2.50. The maximum Gasteiger partial charge on any atom is 0.234 e. The highest BCUT2D eigenvalue weighted by Crippen LogP contribution is 2.40. The standard InChI is InChI=1S/C26H24N2O5/c1-3-33-26-23(24(31)20-18(29)12-13-19(30)21(20)25(26)32)27-22-14-8-4-6-10-16(14)28(2)17-11-7-5-9-15(17)22/h4,6-9,11-13,16-17,29-30H,3,5,10H2,1-2H3. The fraction of sp³-hybridized carbons (Fsp3) is 0.269. The first-order valence-electron chi connectivity index (χ1n) is 11.0. The summed E-state index contributed by atoms with van der Waals surface area (Å²) in [5, 5.41) is 20.6. The fourth-order valence-electron chi connectivity index (χ4n) is 4.92. The number of fused-ring (bicyclic) bond motifs is 3. The Morgan fingerprint density at radius 3 is 2.55 bits per heavy atom. The van der Waals surface area contributed by atoms with Crippen LogP contribution in [0, 0.1) is 0 Å². The van der Waals surface area contributed by atoms with Crippen LogP contribution >= 0.6 is 0 Å². The van der Waals surface area contributed by atoms with Crippen LogP contribution in [0.1, 0.15) is 40.5 Å². The molecule has 0 spiro atoms. The van der Waals surface area contributed by atoms with Crippen molar-refractivity contribution in [2.24, 2.45) is 4.99 Å². The van der Waals surface area contributed by atoms with Gasteiger partial charge in [0.2, 0.25) is 11.6 Å². The number of aromatic hydroxyl groups is 2. The molecular formula is C26H24N2O5. The number of allylic oxidation sites excluding steroid dienone is 6. The Bertz CT molecular complexity index is 1260. The van der Waals surface area contributed by atoms with E-state index in [1.807, 2.05) is 12.2 Å². The summed E-state index contributed by atoms with van der Waals surface area (Å²) < 4.78 is 5.60. The van der Waals surface area contributed by atoms with E-state index in [9.17, 15) is 19.8 Å². The molecule has 2 unspecified atom stereocenters. The van der Waals surface area contributed by atoms with Crippen molar-refractivity contribution in [3.63, 3.8) is 0 Å². The minimum Gasteiger partial charge on any atom is -0.507 e. The van der Waals surface area contributed by atoms with Crippen molar-refractivity contribution in [3.8, 4) is 11.5 Å². The van der Waals surface area contributed by atoms with Gasteiger partial charge in [0.25, 0.3) is 0 Å². The van der Waals surface area contributed by atoms with Gasteiger partial charge in [0.1, 0.15) is 11.5 Å². The van der Waals surface area contributed by atoms with E-state index in [4.69, 9.17) is 9.73 Å². The van der Waals surface area contributed by atoms with Gasteiger partial charge in [-0.25, -0.2) is 4.99 Å². The number of nitrogens with zero attached hydrogens (tertiary/aromatic N) is 2. The van der Waals surface area contributed by atoms with E-state index in [2.05, 4.69) is 36.3 Å². The van der Waals surface area contributed by atoms with E-state index in [1.165, 1.54) is 12.1 Å². The summed E-state index contributed by atoms with van der Waals surface area (Å²) >= 11 is 0. The molecule has 33 heavy (non-hydrogen) atoms. The molecule has 0 bridgehead atoms. The molecule has 1 aliphatic heterocycles. The molecule has 1 fully saturated rings. The zero-order valence-corrected chi connectivity index (χ0v) is 18.4. The molecule has 0 amide bonds. The van der Waals surface area contributed by atoms with Crippen molar-refractivity contribution < 1.29 is 24.5 Å². The Morgan fingerprint density at radius 1 is 1.09 bits per heavy atom. The van der Waals surface area contributed by atoms with E-state index in [0.717, 1.165) is 24.0 Å². The molecule has 1 heterocycles. The molecule has 0 saturated carbocycles. The molecule has 0 aromatic heterocycles. The van der Waals surface area contributed by atoms with E-state index < -0.39 is 11.6 Å². The predicted octanol–water partition coefficient (Wildman–Crippen LogP) is 3.62. The number of ether oxygens (including phenoxy) is 1. The number of piperidine rings is 1. The topological polar surface area (TPSA) is 99.4 Å². The van der Waals surface area contributed by atoms with Gasteiger partial charge in [-0.2, -0.15) is 0 Å². The summed E-state index contributed by atoms with van der Waals surface area (Å²) in [7, 11) is 2.07. The summed E-state index contributed by atoms with van der Waals surface area (Å²) in [6, 6.07) is 2.46. The van der Waals surface area contributed by atoms with Crippen LogP contribution in [-0.2, 0) is 4.74 Å². The molecule has 1 aromatic carbocycles. The number of aliphatic imine (C=N–C) groups is 1. The second-order valence-corrected chi connectivity index (χ2v) is 8.32. The van der Waals surface area contributed by atoms with Crippen LogP contribution in [0.15, 0.2) is 76.2 Å². The quantitative estimate of drug-likeness (QED) is 0.546. The second-order valence-electron chi connectivity index (χ2n) is 8.32. The third-order valence-electron chi connectivity index (χ3n) is 6.48. The van der Waals surface area contributed by atoms with E-state index in [1.54, 1.807) is 6.92 Å².